The van der Waals surface area contributed by atoms with E-state index in [9.17, 15) is 9.59 Å². The molecule has 0 saturated heterocycles. The van der Waals surface area contributed by atoms with Crippen molar-refractivity contribution in [3.8, 4) is 0 Å². The average Bonchev–Trinajstić information content (AvgIpc) is 2.67. The summed E-state index contributed by atoms with van der Waals surface area (Å²) in [6, 6.07) is 15.4. The average molecular weight is 381 g/mol. The summed E-state index contributed by atoms with van der Waals surface area (Å²) in [5, 5.41) is 2.95. The highest BCUT2D eigenvalue weighted by Gasteiger charge is 2.26. The minimum Gasteiger partial charge on any atom is -0.354 e. The van der Waals surface area contributed by atoms with E-state index in [1.165, 1.54) is 0 Å². The molecule has 150 valence electrons. The van der Waals surface area contributed by atoms with Gasteiger partial charge < -0.3 is 10.2 Å². The molecule has 0 aliphatic carbocycles. The molecule has 0 bridgehead atoms. The van der Waals surface area contributed by atoms with Crippen molar-refractivity contribution in [2.24, 2.45) is 5.92 Å². The zero-order valence-corrected chi connectivity index (χ0v) is 17.7. The summed E-state index contributed by atoms with van der Waals surface area (Å²) < 4.78 is 0. The fraction of sp³-hybridized carbons (Fsp3) is 0.417. The third kappa shape index (κ3) is 6.22. The number of carbonyl (C=O) groups is 2. The number of hydrogen-bond donors (Lipinski definition) is 1. The van der Waals surface area contributed by atoms with Crippen molar-refractivity contribution in [2.45, 2.75) is 53.6 Å². The zero-order valence-electron chi connectivity index (χ0n) is 17.7. The Morgan fingerprint density at radius 1 is 1.00 bits per heavy atom. The van der Waals surface area contributed by atoms with Gasteiger partial charge in [0.25, 0.3) is 0 Å². The van der Waals surface area contributed by atoms with E-state index in [1.54, 1.807) is 11.8 Å². The molecular formula is C24H32N2O2. The molecule has 4 nitrogen and oxygen atoms in total. The second-order valence-electron chi connectivity index (χ2n) is 7.93. The van der Waals surface area contributed by atoms with Gasteiger partial charge in [-0.15, -0.1) is 0 Å². The molecule has 2 amide bonds. The van der Waals surface area contributed by atoms with Crippen LogP contribution in [0.2, 0.25) is 0 Å². The SMILES string of the molecule is Cc1ccc(C)c(CC(=O)N(Cc2ccccc2)[C@@H](C)C(=O)NCC(C)C)c1. The van der Waals surface area contributed by atoms with Crippen molar-refractivity contribution in [2.75, 3.05) is 6.54 Å². The number of nitrogens with one attached hydrogen (secondary N) is 1. The van der Waals surface area contributed by atoms with Crippen molar-refractivity contribution in [1.29, 1.82) is 0 Å². The van der Waals surface area contributed by atoms with Gasteiger partial charge in [0.15, 0.2) is 0 Å². The zero-order chi connectivity index (χ0) is 20.7. The number of nitrogens with zero attached hydrogens (tertiary/aromatic N) is 1. The molecule has 1 N–H and O–H groups in total. The lowest BCUT2D eigenvalue weighted by Crippen LogP contribution is -2.48. The first kappa shape index (κ1) is 21.7. The molecule has 0 heterocycles. The Kier molecular flexibility index (Phi) is 7.80. The predicted molar refractivity (Wildman–Crippen MR) is 114 cm³/mol. The van der Waals surface area contributed by atoms with Crippen molar-refractivity contribution in [3.05, 3.63) is 70.8 Å². The van der Waals surface area contributed by atoms with Gasteiger partial charge in [-0.25, -0.2) is 0 Å². The third-order valence-corrected chi connectivity index (χ3v) is 4.89. The molecule has 4 heteroatoms. The first-order valence-corrected chi connectivity index (χ1v) is 9.95. The lowest BCUT2D eigenvalue weighted by atomic mass is 10.0. The van der Waals surface area contributed by atoms with E-state index in [0.717, 1.165) is 22.3 Å². The Bertz CT molecular complexity index is 800. The van der Waals surface area contributed by atoms with Crippen LogP contribution in [0.3, 0.4) is 0 Å². The molecule has 0 aromatic heterocycles. The van der Waals surface area contributed by atoms with E-state index in [1.807, 2.05) is 56.3 Å². The molecule has 1 atom stereocenters. The Morgan fingerprint density at radius 2 is 1.68 bits per heavy atom. The van der Waals surface area contributed by atoms with Gasteiger partial charge in [0.05, 0.1) is 6.42 Å². The minimum absolute atomic E-state index is 0.0373. The van der Waals surface area contributed by atoms with Crippen molar-refractivity contribution in [1.82, 2.24) is 10.2 Å². The summed E-state index contributed by atoms with van der Waals surface area (Å²) in [6.07, 6.45) is 0.294. The monoisotopic (exact) mass is 380 g/mol. The van der Waals surface area contributed by atoms with E-state index in [-0.39, 0.29) is 11.8 Å². The quantitative estimate of drug-likeness (QED) is 0.751. The fourth-order valence-corrected chi connectivity index (χ4v) is 3.07. The summed E-state index contributed by atoms with van der Waals surface area (Å²) in [6.45, 7) is 11.0. The summed E-state index contributed by atoms with van der Waals surface area (Å²) in [7, 11) is 0. The number of benzene rings is 2. The Labute approximate surface area is 169 Å². The van der Waals surface area contributed by atoms with E-state index in [2.05, 4.69) is 25.2 Å². The molecule has 0 saturated carbocycles. The molecule has 0 fully saturated rings. The third-order valence-electron chi connectivity index (χ3n) is 4.89. The van der Waals surface area contributed by atoms with Crippen LogP contribution in [-0.4, -0.2) is 29.3 Å². The first-order chi connectivity index (χ1) is 13.3. The lowest BCUT2D eigenvalue weighted by molar-refractivity contribution is -0.140. The van der Waals surface area contributed by atoms with Crippen LogP contribution in [0.15, 0.2) is 48.5 Å². The summed E-state index contributed by atoms with van der Waals surface area (Å²) in [5.74, 6) is 0.216. The number of amides is 2. The van der Waals surface area contributed by atoms with Gasteiger partial charge in [0.1, 0.15) is 6.04 Å². The molecule has 2 aromatic carbocycles. The topological polar surface area (TPSA) is 49.4 Å². The predicted octanol–water partition coefficient (Wildman–Crippen LogP) is 4.04. The second-order valence-corrected chi connectivity index (χ2v) is 7.93. The highest BCUT2D eigenvalue weighted by atomic mass is 16.2. The van der Waals surface area contributed by atoms with Crippen molar-refractivity contribution in [3.63, 3.8) is 0 Å². The van der Waals surface area contributed by atoms with Gasteiger partial charge in [0, 0.05) is 13.1 Å². The molecular weight excluding hydrogens is 348 g/mol. The van der Waals surface area contributed by atoms with Crippen LogP contribution >= 0.6 is 0 Å². The molecule has 2 aromatic rings. The van der Waals surface area contributed by atoms with Crippen LogP contribution in [0.5, 0.6) is 0 Å². The van der Waals surface area contributed by atoms with E-state index in [4.69, 9.17) is 0 Å². The Balaban J connectivity index is 2.22. The molecule has 2 rings (SSSR count). The Hall–Kier alpha value is -2.62. The normalized spacial score (nSPS) is 11.9. The van der Waals surface area contributed by atoms with Gasteiger partial charge in [-0.05, 0) is 43.4 Å². The minimum atomic E-state index is -0.531. The van der Waals surface area contributed by atoms with Gasteiger partial charge in [0.2, 0.25) is 11.8 Å². The van der Waals surface area contributed by atoms with Crippen molar-refractivity contribution >= 4 is 11.8 Å². The van der Waals surface area contributed by atoms with Crippen LogP contribution < -0.4 is 5.32 Å². The first-order valence-electron chi connectivity index (χ1n) is 9.95. The maximum Gasteiger partial charge on any atom is 0.242 e. The lowest BCUT2D eigenvalue weighted by Gasteiger charge is -2.29. The van der Waals surface area contributed by atoms with Gasteiger partial charge in [-0.3, -0.25) is 9.59 Å². The summed E-state index contributed by atoms with van der Waals surface area (Å²) >= 11 is 0. The molecule has 0 aliphatic rings. The smallest absolute Gasteiger partial charge is 0.242 e. The van der Waals surface area contributed by atoms with Crippen LogP contribution in [0.25, 0.3) is 0 Å². The standard InChI is InChI=1S/C24H32N2O2/c1-17(2)15-25-24(28)20(5)26(16-21-9-7-6-8-10-21)23(27)14-22-13-18(3)11-12-19(22)4/h6-13,17,20H,14-16H2,1-5H3,(H,25,28)/t20-/m0/s1. The molecule has 0 unspecified atom stereocenters. The fourth-order valence-electron chi connectivity index (χ4n) is 3.07. The molecule has 28 heavy (non-hydrogen) atoms. The largest absolute Gasteiger partial charge is 0.354 e. The summed E-state index contributed by atoms with van der Waals surface area (Å²) in [5.41, 5.74) is 4.25. The van der Waals surface area contributed by atoms with E-state index >= 15 is 0 Å². The maximum atomic E-state index is 13.2. The number of carbonyl (C=O) groups excluding carboxylic acids is 2. The van der Waals surface area contributed by atoms with Gasteiger partial charge in [-0.2, -0.15) is 0 Å². The number of hydrogen-bond acceptors (Lipinski definition) is 2. The molecule has 0 radical (unpaired) electrons. The van der Waals surface area contributed by atoms with Crippen molar-refractivity contribution < 1.29 is 9.59 Å². The van der Waals surface area contributed by atoms with Crippen LogP contribution in [-0.2, 0) is 22.6 Å². The van der Waals surface area contributed by atoms with Crippen LogP contribution in [0, 0.1) is 19.8 Å². The van der Waals surface area contributed by atoms with Gasteiger partial charge in [-0.1, -0.05) is 67.9 Å². The number of aryl methyl sites for hydroxylation is 2. The summed E-state index contributed by atoms with van der Waals surface area (Å²) in [4.78, 5) is 27.5. The van der Waals surface area contributed by atoms with E-state index in [0.29, 0.717) is 25.4 Å². The van der Waals surface area contributed by atoms with E-state index < -0.39 is 6.04 Å². The highest BCUT2D eigenvalue weighted by molar-refractivity contribution is 5.88. The van der Waals surface area contributed by atoms with Crippen LogP contribution in [0.4, 0.5) is 0 Å². The van der Waals surface area contributed by atoms with Gasteiger partial charge >= 0.3 is 0 Å². The Morgan fingerprint density at radius 3 is 2.32 bits per heavy atom. The highest BCUT2D eigenvalue weighted by Crippen LogP contribution is 2.16. The number of rotatable bonds is 8. The molecule has 0 aliphatic heterocycles. The second kappa shape index (κ2) is 10.1. The molecule has 0 spiro atoms. The maximum absolute atomic E-state index is 13.2. The van der Waals surface area contributed by atoms with Crippen LogP contribution in [0.1, 0.15) is 43.0 Å².